The minimum atomic E-state index is -5.22. The van der Waals surface area contributed by atoms with E-state index in [9.17, 15) is 31.5 Å². The van der Waals surface area contributed by atoms with Gasteiger partial charge in [0.05, 0.1) is 22.2 Å². The lowest BCUT2D eigenvalue weighted by Crippen LogP contribution is -2.52. The number of carbonyl (C=O) groups excluding carboxylic acids is 1. The van der Waals surface area contributed by atoms with Gasteiger partial charge in [0.25, 0.3) is 15.9 Å². The summed E-state index contributed by atoms with van der Waals surface area (Å²) in [5.74, 6) is -1.28. The zero-order valence-corrected chi connectivity index (χ0v) is 18.3. The van der Waals surface area contributed by atoms with Crippen LogP contribution in [0.25, 0.3) is 0 Å². The number of aliphatic hydroxyl groups excluding tert-OH is 1. The molecule has 0 fully saturated rings. The number of sulfonamides is 1. The number of benzene rings is 2. The number of rotatable bonds is 8. The van der Waals surface area contributed by atoms with Crippen molar-refractivity contribution >= 4 is 50.7 Å². The third-order valence-electron chi connectivity index (χ3n) is 3.96. The maximum atomic E-state index is 12.8. The van der Waals surface area contributed by atoms with Crippen LogP contribution >= 0.6 is 23.4 Å². The van der Waals surface area contributed by atoms with Crippen LogP contribution in [0.15, 0.2) is 52.3 Å². The number of thioether (sulfide) groups is 1. The van der Waals surface area contributed by atoms with Crippen LogP contribution in [0.1, 0.15) is 6.92 Å². The molecule has 0 bridgehead atoms. The van der Waals surface area contributed by atoms with Crippen molar-refractivity contribution in [3.63, 3.8) is 0 Å². The van der Waals surface area contributed by atoms with Gasteiger partial charge in [-0.3, -0.25) is 9.52 Å². The van der Waals surface area contributed by atoms with Gasteiger partial charge in [-0.25, -0.2) is 8.42 Å². The number of hydrogen-bond donors (Lipinski definition) is 4. The van der Waals surface area contributed by atoms with E-state index in [0.29, 0.717) is 5.75 Å². The third kappa shape index (κ3) is 6.26. The predicted octanol–water partition coefficient (Wildman–Crippen LogP) is 3.48. The molecule has 0 saturated carbocycles. The van der Waals surface area contributed by atoms with E-state index in [-0.39, 0.29) is 34.8 Å². The van der Waals surface area contributed by atoms with Crippen molar-refractivity contribution in [2.45, 2.75) is 28.5 Å². The molecule has 4 N–H and O–H groups in total. The third-order valence-corrected chi connectivity index (χ3v) is 6.64. The molecule has 170 valence electrons. The molecule has 2 rings (SSSR count). The topological polar surface area (TPSA) is 116 Å². The molecule has 2 aromatic rings. The van der Waals surface area contributed by atoms with E-state index in [4.69, 9.17) is 16.7 Å². The summed E-state index contributed by atoms with van der Waals surface area (Å²) in [6.07, 6.45) is -5.22. The molecular weight excluding hydrogens is 481 g/mol. The summed E-state index contributed by atoms with van der Waals surface area (Å²) in [5, 5.41) is 19.7. The minimum absolute atomic E-state index is 0.00397. The summed E-state index contributed by atoms with van der Waals surface area (Å²) in [7, 11) is -4.09. The van der Waals surface area contributed by atoms with Crippen molar-refractivity contribution < 1.29 is 36.6 Å². The van der Waals surface area contributed by atoms with E-state index in [2.05, 4.69) is 4.72 Å². The molecule has 31 heavy (non-hydrogen) atoms. The molecule has 0 radical (unpaired) electrons. The molecule has 13 heteroatoms. The van der Waals surface area contributed by atoms with Crippen LogP contribution in [0.5, 0.6) is 0 Å². The first kappa shape index (κ1) is 25.3. The largest absolute Gasteiger partial charge is 0.426 e. The van der Waals surface area contributed by atoms with E-state index < -0.39 is 27.7 Å². The van der Waals surface area contributed by atoms with Gasteiger partial charge in [0.15, 0.2) is 0 Å². The first-order chi connectivity index (χ1) is 14.3. The van der Waals surface area contributed by atoms with E-state index in [1.807, 2.05) is 5.32 Å². The first-order valence-electron chi connectivity index (χ1n) is 8.54. The first-order valence-corrected chi connectivity index (χ1v) is 11.4. The normalized spacial score (nSPS) is 14.0. The van der Waals surface area contributed by atoms with Gasteiger partial charge >= 0.3 is 6.18 Å². The van der Waals surface area contributed by atoms with Gasteiger partial charge in [-0.1, -0.05) is 11.6 Å². The molecule has 0 unspecified atom stereocenters. The maximum absolute atomic E-state index is 12.8. The van der Waals surface area contributed by atoms with Crippen molar-refractivity contribution in [2.75, 3.05) is 22.4 Å². The van der Waals surface area contributed by atoms with E-state index in [0.717, 1.165) is 23.1 Å². The standard InChI is InChI=1S/C18H18ClF3N2O5S2/c1-17(27,18(20,21)22)16(26)23-15-7-6-13(10-14(15)19)31(28,29)24-11-2-4-12(5-3-11)30-9-8-25/h2-7,10,24-25,27H,8-9H2,1H3,(H,23,26)/t17-/m1/s1. The van der Waals surface area contributed by atoms with Gasteiger partial charge in [0, 0.05) is 16.3 Å². The van der Waals surface area contributed by atoms with Crippen molar-refractivity contribution in [2.24, 2.45) is 0 Å². The number of halogens is 4. The van der Waals surface area contributed by atoms with Crippen molar-refractivity contribution in [3.8, 4) is 0 Å². The lowest BCUT2D eigenvalue weighted by molar-refractivity contribution is -0.242. The van der Waals surface area contributed by atoms with Crippen LogP contribution in [-0.2, 0) is 14.8 Å². The molecular formula is C18H18ClF3N2O5S2. The van der Waals surface area contributed by atoms with Gasteiger partial charge in [-0.2, -0.15) is 13.2 Å². The van der Waals surface area contributed by atoms with Crippen LogP contribution in [0.2, 0.25) is 5.02 Å². The summed E-state index contributed by atoms with van der Waals surface area (Å²) in [5.41, 5.74) is -3.71. The van der Waals surface area contributed by atoms with E-state index in [1.54, 1.807) is 12.1 Å². The number of anilines is 2. The van der Waals surface area contributed by atoms with Crippen LogP contribution in [0, 0.1) is 0 Å². The Kier molecular flexibility index (Phi) is 7.87. The van der Waals surface area contributed by atoms with Crippen LogP contribution in [-0.4, -0.2) is 48.7 Å². The smallest absolute Gasteiger partial charge is 0.396 e. The summed E-state index contributed by atoms with van der Waals surface area (Å²) in [6, 6.07) is 9.37. The molecule has 1 atom stereocenters. The summed E-state index contributed by atoms with van der Waals surface area (Å²) < 4.78 is 65.7. The molecule has 7 nitrogen and oxygen atoms in total. The molecule has 1 amide bonds. The van der Waals surface area contributed by atoms with Crippen LogP contribution in [0.3, 0.4) is 0 Å². The zero-order chi connectivity index (χ0) is 23.4. The van der Waals surface area contributed by atoms with Gasteiger partial charge in [0.2, 0.25) is 5.60 Å². The highest BCUT2D eigenvalue weighted by Crippen LogP contribution is 2.33. The second-order valence-electron chi connectivity index (χ2n) is 6.37. The van der Waals surface area contributed by atoms with Crippen LogP contribution < -0.4 is 10.0 Å². The molecule has 2 aromatic carbocycles. The Morgan fingerprint density at radius 1 is 1.16 bits per heavy atom. The number of aliphatic hydroxyl groups is 2. The Labute approximate surface area is 185 Å². The number of carbonyl (C=O) groups is 1. The monoisotopic (exact) mass is 498 g/mol. The predicted molar refractivity (Wildman–Crippen MR) is 112 cm³/mol. The van der Waals surface area contributed by atoms with Crippen LogP contribution in [0.4, 0.5) is 24.5 Å². The summed E-state index contributed by atoms with van der Waals surface area (Å²) in [6.45, 7) is 0.288. The number of hydrogen-bond acceptors (Lipinski definition) is 6. The summed E-state index contributed by atoms with van der Waals surface area (Å²) in [4.78, 5) is 12.3. The van der Waals surface area contributed by atoms with E-state index >= 15 is 0 Å². The van der Waals surface area contributed by atoms with Gasteiger partial charge in [-0.05, 0) is 49.4 Å². The fourth-order valence-electron chi connectivity index (χ4n) is 2.13. The van der Waals surface area contributed by atoms with Gasteiger partial charge in [-0.15, -0.1) is 11.8 Å². The SMILES string of the molecule is C[C@@](O)(C(=O)Nc1ccc(S(=O)(=O)Nc2ccc(SCCO)cc2)cc1Cl)C(F)(F)F. The van der Waals surface area contributed by atoms with Crippen molar-refractivity contribution in [1.82, 2.24) is 0 Å². The molecule has 0 heterocycles. The second-order valence-corrected chi connectivity index (χ2v) is 9.63. The lowest BCUT2D eigenvalue weighted by Gasteiger charge is -2.25. The Hall–Kier alpha value is -1.99. The summed E-state index contributed by atoms with van der Waals surface area (Å²) >= 11 is 7.31. The minimum Gasteiger partial charge on any atom is -0.396 e. The number of nitrogens with one attached hydrogen (secondary N) is 2. The average molecular weight is 499 g/mol. The fourth-order valence-corrected chi connectivity index (χ4v) is 4.17. The highest BCUT2D eigenvalue weighted by atomic mass is 35.5. The lowest BCUT2D eigenvalue weighted by atomic mass is 10.1. The quantitative estimate of drug-likeness (QED) is 0.414. The molecule has 0 aliphatic rings. The highest BCUT2D eigenvalue weighted by molar-refractivity contribution is 7.99. The van der Waals surface area contributed by atoms with E-state index in [1.165, 1.54) is 23.9 Å². The second kappa shape index (κ2) is 9.65. The molecule has 0 saturated heterocycles. The molecule has 0 spiro atoms. The Balaban J connectivity index is 2.17. The fraction of sp³-hybridized carbons (Fsp3) is 0.278. The molecule has 0 aliphatic heterocycles. The zero-order valence-electron chi connectivity index (χ0n) is 15.9. The van der Waals surface area contributed by atoms with Crippen molar-refractivity contribution in [3.05, 3.63) is 47.5 Å². The van der Waals surface area contributed by atoms with Gasteiger partial charge < -0.3 is 15.5 Å². The number of amides is 1. The van der Waals surface area contributed by atoms with Gasteiger partial charge in [0.1, 0.15) is 0 Å². The Morgan fingerprint density at radius 3 is 2.29 bits per heavy atom. The molecule has 0 aromatic heterocycles. The molecule has 0 aliphatic carbocycles. The maximum Gasteiger partial charge on any atom is 0.426 e. The van der Waals surface area contributed by atoms with Crippen molar-refractivity contribution in [1.29, 1.82) is 0 Å². The highest BCUT2D eigenvalue weighted by Gasteiger charge is 2.55. The Morgan fingerprint density at radius 2 is 1.77 bits per heavy atom. The number of alkyl halides is 3. The average Bonchev–Trinajstić information content (AvgIpc) is 2.67. The Bertz CT molecular complexity index is 1050.